The maximum absolute atomic E-state index is 12.8. The van der Waals surface area contributed by atoms with Crippen molar-refractivity contribution in [2.45, 2.75) is 33.7 Å². The zero-order valence-corrected chi connectivity index (χ0v) is 16.9. The zero-order chi connectivity index (χ0) is 20.3. The minimum absolute atomic E-state index is 0.0394. The van der Waals surface area contributed by atoms with E-state index in [0.29, 0.717) is 33.2 Å². The first-order chi connectivity index (χ1) is 12.6. The number of carbonyl (C=O) groups is 3. The number of H-pyrrole nitrogens is 1. The van der Waals surface area contributed by atoms with Gasteiger partial charge >= 0.3 is 0 Å². The summed E-state index contributed by atoms with van der Waals surface area (Å²) in [7, 11) is 1.71. The Morgan fingerprint density at radius 1 is 1.26 bits per heavy atom. The Bertz CT molecular complexity index is 889. The largest absolute Gasteiger partial charge is 0.355 e. The first-order valence-electron chi connectivity index (χ1n) is 8.61. The van der Waals surface area contributed by atoms with E-state index in [2.05, 4.69) is 10.3 Å². The summed E-state index contributed by atoms with van der Waals surface area (Å²) in [6, 6.07) is 6.33. The van der Waals surface area contributed by atoms with Gasteiger partial charge in [-0.3, -0.25) is 19.3 Å². The lowest BCUT2D eigenvalue weighted by Gasteiger charge is -2.23. The molecule has 1 unspecified atom stereocenters. The molecule has 0 aliphatic carbocycles. The fourth-order valence-electron chi connectivity index (χ4n) is 3.06. The minimum atomic E-state index is -0.535. The second-order valence-electron chi connectivity index (χ2n) is 6.70. The van der Waals surface area contributed by atoms with Crippen LogP contribution in [-0.2, 0) is 4.79 Å². The molecule has 0 spiro atoms. The molecule has 1 aromatic heterocycles. The van der Waals surface area contributed by atoms with Crippen molar-refractivity contribution in [2.24, 2.45) is 0 Å². The molecule has 1 aromatic carbocycles. The van der Waals surface area contributed by atoms with Crippen LogP contribution in [0, 0.1) is 13.8 Å². The van der Waals surface area contributed by atoms with Crippen molar-refractivity contribution in [1.29, 1.82) is 0 Å². The summed E-state index contributed by atoms with van der Waals surface area (Å²) >= 11 is 5.91. The number of carbonyl (C=O) groups excluding carboxylic acids is 3. The third-order valence-corrected chi connectivity index (χ3v) is 4.81. The Morgan fingerprint density at radius 2 is 1.93 bits per heavy atom. The molecule has 0 aliphatic rings. The number of aromatic amines is 1. The molecule has 1 atom stereocenters. The van der Waals surface area contributed by atoms with Crippen LogP contribution in [0.25, 0.3) is 0 Å². The van der Waals surface area contributed by atoms with Crippen LogP contribution in [0.15, 0.2) is 24.3 Å². The van der Waals surface area contributed by atoms with Crippen LogP contribution >= 0.6 is 11.6 Å². The van der Waals surface area contributed by atoms with Gasteiger partial charge in [-0.2, -0.15) is 0 Å². The molecule has 27 heavy (non-hydrogen) atoms. The summed E-state index contributed by atoms with van der Waals surface area (Å²) in [5, 5.41) is 3.29. The number of aryl methyl sites for hydroxylation is 1. The van der Waals surface area contributed by atoms with E-state index in [9.17, 15) is 14.4 Å². The predicted octanol–water partition coefficient (Wildman–Crippen LogP) is 3.63. The minimum Gasteiger partial charge on any atom is -0.355 e. The molecule has 0 fully saturated rings. The quantitative estimate of drug-likeness (QED) is 0.708. The fraction of sp³-hybridized carbons (Fsp3) is 0.350. The number of aromatic nitrogens is 1. The fourth-order valence-corrected chi connectivity index (χ4v) is 3.25. The van der Waals surface area contributed by atoms with Crippen molar-refractivity contribution >= 4 is 34.8 Å². The highest BCUT2D eigenvalue weighted by atomic mass is 35.5. The van der Waals surface area contributed by atoms with Crippen LogP contribution < -0.4 is 5.32 Å². The molecule has 2 aromatic rings. The third-order valence-electron chi connectivity index (χ3n) is 4.58. The zero-order valence-electron chi connectivity index (χ0n) is 16.1. The molecule has 2 rings (SSSR count). The van der Waals surface area contributed by atoms with Gasteiger partial charge in [-0.15, -0.1) is 0 Å². The van der Waals surface area contributed by atoms with Gasteiger partial charge in [0, 0.05) is 22.0 Å². The van der Waals surface area contributed by atoms with Gasteiger partial charge in [0.25, 0.3) is 0 Å². The maximum Gasteiger partial charge on any atom is 0.238 e. The number of rotatable bonds is 7. The number of ketones is 2. The standard InChI is InChI=1S/C20H24ClN3O3/c1-11-18(14(4)25)12(2)22-19(11)20(27)13(3)24(5)10-17(26)23-16-8-6-7-15(21)9-16/h6-9,13,22H,10H2,1-5H3,(H,23,26). The molecule has 0 saturated carbocycles. The van der Waals surface area contributed by atoms with Crippen LogP contribution in [0.2, 0.25) is 5.02 Å². The van der Waals surface area contributed by atoms with Crippen molar-refractivity contribution in [3.63, 3.8) is 0 Å². The number of nitrogens with one attached hydrogen (secondary N) is 2. The summed E-state index contributed by atoms with van der Waals surface area (Å²) in [6.07, 6.45) is 0. The van der Waals surface area contributed by atoms with E-state index in [1.807, 2.05) is 0 Å². The smallest absolute Gasteiger partial charge is 0.238 e. The Labute approximate surface area is 163 Å². The maximum atomic E-state index is 12.8. The van der Waals surface area contributed by atoms with Gasteiger partial charge in [0.2, 0.25) is 5.91 Å². The summed E-state index contributed by atoms with van der Waals surface area (Å²) in [5.74, 6) is -0.494. The molecule has 144 valence electrons. The van der Waals surface area contributed by atoms with E-state index < -0.39 is 6.04 Å². The van der Waals surface area contributed by atoms with E-state index in [1.165, 1.54) is 6.92 Å². The third kappa shape index (κ3) is 4.84. The van der Waals surface area contributed by atoms with Gasteiger partial charge in [-0.1, -0.05) is 17.7 Å². The number of hydrogen-bond acceptors (Lipinski definition) is 4. The lowest BCUT2D eigenvalue weighted by Crippen LogP contribution is -2.41. The number of halogens is 1. The Kier molecular flexibility index (Phi) is 6.57. The molecule has 0 aliphatic heterocycles. The average molecular weight is 390 g/mol. The monoisotopic (exact) mass is 389 g/mol. The number of hydrogen-bond donors (Lipinski definition) is 2. The molecule has 2 N–H and O–H groups in total. The van der Waals surface area contributed by atoms with Crippen molar-refractivity contribution < 1.29 is 14.4 Å². The second-order valence-corrected chi connectivity index (χ2v) is 7.13. The molecule has 6 nitrogen and oxygen atoms in total. The van der Waals surface area contributed by atoms with Crippen molar-refractivity contribution in [3.8, 4) is 0 Å². The summed E-state index contributed by atoms with van der Waals surface area (Å²) in [4.78, 5) is 41.5. The van der Waals surface area contributed by atoms with Gasteiger partial charge in [0.15, 0.2) is 11.6 Å². The molecule has 1 amide bonds. The molecular weight excluding hydrogens is 366 g/mol. The van der Waals surface area contributed by atoms with Crippen molar-refractivity contribution in [3.05, 3.63) is 51.8 Å². The molecule has 0 bridgehead atoms. The molecule has 1 heterocycles. The van der Waals surface area contributed by atoms with Gasteiger partial charge in [-0.25, -0.2) is 0 Å². The number of nitrogens with zero attached hydrogens (tertiary/aromatic N) is 1. The summed E-state index contributed by atoms with van der Waals surface area (Å²) < 4.78 is 0. The van der Waals surface area contributed by atoms with E-state index in [1.54, 1.807) is 57.0 Å². The van der Waals surface area contributed by atoms with Crippen LogP contribution in [0.1, 0.15) is 46.0 Å². The van der Waals surface area contributed by atoms with E-state index in [-0.39, 0.29) is 24.0 Å². The highest BCUT2D eigenvalue weighted by Crippen LogP contribution is 2.21. The van der Waals surface area contributed by atoms with E-state index in [0.717, 1.165) is 0 Å². The summed E-state index contributed by atoms with van der Waals surface area (Å²) in [6.45, 7) is 6.78. The molecule has 0 saturated heterocycles. The van der Waals surface area contributed by atoms with Crippen LogP contribution in [0.5, 0.6) is 0 Å². The normalized spacial score (nSPS) is 12.1. The number of amides is 1. The van der Waals surface area contributed by atoms with E-state index >= 15 is 0 Å². The van der Waals surface area contributed by atoms with E-state index in [4.69, 9.17) is 11.6 Å². The molecule has 0 radical (unpaired) electrons. The van der Waals surface area contributed by atoms with Crippen LogP contribution in [0.4, 0.5) is 5.69 Å². The highest BCUT2D eigenvalue weighted by molar-refractivity contribution is 6.30. The number of likely N-dealkylation sites (N-methyl/N-ethyl adjacent to an activating group) is 1. The average Bonchev–Trinajstić information content (AvgIpc) is 2.87. The van der Waals surface area contributed by atoms with Crippen LogP contribution in [0.3, 0.4) is 0 Å². The van der Waals surface area contributed by atoms with Gasteiger partial charge in [0.1, 0.15) is 0 Å². The Balaban J connectivity index is 2.07. The molecule has 7 heteroatoms. The Morgan fingerprint density at radius 3 is 2.48 bits per heavy atom. The first-order valence-corrected chi connectivity index (χ1v) is 8.99. The second kappa shape index (κ2) is 8.50. The lowest BCUT2D eigenvalue weighted by molar-refractivity contribution is -0.117. The summed E-state index contributed by atoms with van der Waals surface area (Å²) in [5.41, 5.74) is 2.88. The van der Waals surface area contributed by atoms with Crippen molar-refractivity contribution in [1.82, 2.24) is 9.88 Å². The SMILES string of the molecule is CC(=O)c1c(C)[nH]c(C(=O)C(C)N(C)CC(=O)Nc2cccc(Cl)c2)c1C. The number of anilines is 1. The number of benzene rings is 1. The van der Waals surface area contributed by atoms with Gasteiger partial charge in [0.05, 0.1) is 18.3 Å². The molecular formula is C20H24ClN3O3. The first kappa shape index (κ1) is 20.9. The van der Waals surface area contributed by atoms with Gasteiger partial charge in [-0.05, 0) is 58.5 Å². The van der Waals surface area contributed by atoms with Crippen molar-refractivity contribution in [2.75, 3.05) is 18.9 Å². The Hall–Kier alpha value is -2.44. The number of Topliss-reactive ketones (excluding diaryl/α,β-unsaturated/α-hetero) is 2. The predicted molar refractivity (Wildman–Crippen MR) is 107 cm³/mol. The topological polar surface area (TPSA) is 82.3 Å². The lowest BCUT2D eigenvalue weighted by atomic mass is 10.0. The van der Waals surface area contributed by atoms with Crippen LogP contribution in [-0.4, -0.2) is 47.0 Å². The van der Waals surface area contributed by atoms with Gasteiger partial charge < -0.3 is 10.3 Å². The highest BCUT2D eigenvalue weighted by Gasteiger charge is 2.26.